The maximum Gasteiger partial charge on any atom is 0.138 e. The smallest absolute Gasteiger partial charge is 0.138 e. The van der Waals surface area contributed by atoms with Crippen molar-refractivity contribution in [3.8, 4) is 0 Å². The summed E-state index contributed by atoms with van der Waals surface area (Å²) < 4.78 is 0. The van der Waals surface area contributed by atoms with E-state index in [-0.39, 0.29) is 0 Å². The monoisotopic (exact) mass is 279 g/mol. The Hall–Kier alpha value is -0.610. The zero-order valence-electron chi connectivity index (χ0n) is 12.3. The van der Waals surface area contributed by atoms with Crippen LogP contribution in [-0.2, 0) is 18.6 Å². The van der Waals surface area contributed by atoms with Gasteiger partial charge < -0.3 is 5.32 Å². The van der Waals surface area contributed by atoms with Crippen LogP contribution in [0.1, 0.15) is 43.8 Å². The molecule has 0 saturated heterocycles. The standard InChI is InChI=1S/C15H25N3S/c1-4-11(2)19-10-15-17-9-13-7-12(8-16-3)5-6-14(13)18-15/h9,11-12,16H,4-8,10H2,1-3H3. The van der Waals surface area contributed by atoms with Gasteiger partial charge >= 0.3 is 0 Å². The molecule has 0 saturated carbocycles. The Morgan fingerprint density at radius 2 is 2.37 bits per heavy atom. The second-order valence-electron chi connectivity index (χ2n) is 5.45. The fourth-order valence-corrected chi connectivity index (χ4v) is 3.30. The number of nitrogens with zero attached hydrogens (tertiary/aromatic N) is 2. The number of aryl methyl sites for hydroxylation is 1. The molecule has 2 atom stereocenters. The van der Waals surface area contributed by atoms with Gasteiger partial charge in [-0.15, -0.1) is 0 Å². The van der Waals surface area contributed by atoms with Crippen molar-refractivity contribution in [3.05, 3.63) is 23.3 Å². The quantitative estimate of drug-likeness (QED) is 0.869. The Labute approximate surface area is 121 Å². The summed E-state index contributed by atoms with van der Waals surface area (Å²) in [7, 11) is 2.03. The van der Waals surface area contributed by atoms with Crippen LogP contribution in [0.2, 0.25) is 0 Å². The third-order valence-corrected chi connectivity index (χ3v) is 5.19. The number of nitrogens with one attached hydrogen (secondary N) is 1. The largest absolute Gasteiger partial charge is 0.319 e. The predicted molar refractivity (Wildman–Crippen MR) is 82.5 cm³/mol. The van der Waals surface area contributed by atoms with E-state index in [1.54, 1.807) is 0 Å². The van der Waals surface area contributed by atoms with Crippen LogP contribution >= 0.6 is 11.8 Å². The van der Waals surface area contributed by atoms with Gasteiger partial charge in [0.1, 0.15) is 5.82 Å². The van der Waals surface area contributed by atoms with Gasteiger partial charge in [0.15, 0.2) is 0 Å². The van der Waals surface area contributed by atoms with Crippen LogP contribution in [-0.4, -0.2) is 28.8 Å². The maximum absolute atomic E-state index is 4.76. The minimum atomic E-state index is 0.694. The van der Waals surface area contributed by atoms with E-state index in [0.717, 1.165) is 36.9 Å². The summed E-state index contributed by atoms with van der Waals surface area (Å²) in [6, 6.07) is 0. The van der Waals surface area contributed by atoms with E-state index in [2.05, 4.69) is 30.3 Å². The van der Waals surface area contributed by atoms with E-state index in [4.69, 9.17) is 4.98 Å². The number of hydrogen-bond acceptors (Lipinski definition) is 4. The highest BCUT2D eigenvalue weighted by Crippen LogP contribution is 2.24. The summed E-state index contributed by atoms with van der Waals surface area (Å²) in [6.45, 7) is 5.60. The van der Waals surface area contributed by atoms with Gasteiger partial charge in [-0.25, -0.2) is 9.97 Å². The van der Waals surface area contributed by atoms with Crippen molar-refractivity contribution in [2.24, 2.45) is 5.92 Å². The Morgan fingerprint density at radius 3 is 3.11 bits per heavy atom. The second-order valence-corrected chi connectivity index (χ2v) is 6.88. The molecule has 106 valence electrons. The van der Waals surface area contributed by atoms with Crippen LogP contribution in [0.15, 0.2) is 6.20 Å². The summed E-state index contributed by atoms with van der Waals surface area (Å²) in [5, 5.41) is 3.97. The molecule has 1 aromatic heterocycles. The summed E-state index contributed by atoms with van der Waals surface area (Å²) in [4.78, 5) is 9.30. The number of thioether (sulfide) groups is 1. The molecule has 1 heterocycles. The van der Waals surface area contributed by atoms with E-state index >= 15 is 0 Å². The van der Waals surface area contributed by atoms with Crippen LogP contribution in [0, 0.1) is 5.92 Å². The number of fused-ring (bicyclic) bond motifs is 1. The average molecular weight is 279 g/mol. The predicted octanol–water partition coefficient (Wildman–Crippen LogP) is 2.83. The summed E-state index contributed by atoms with van der Waals surface area (Å²) in [5.41, 5.74) is 2.66. The molecule has 0 amide bonds. The van der Waals surface area contributed by atoms with Crippen molar-refractivity contribution in [2.75, 3.05) is 13.6 Å². The molecule has 2 unspecified atom stereocenters. The lowest BCUT2D eigenvalue weighted by atomic mass is 9.87. The average Bonchev–Trinajstić information content (AvgIpc) is 2.45. The molecule has 0 aliphatic heterocycles. The first kappa shape index (κ1) is 14.8. The number of hydrogen-bond donors (Lipinski definition) is 1. The molecule has 0 aromatic carbocycles. The van der Waals surface area contributed by atoms with Gasteiger partial charge in [-0.2, -0.15) is 11.8 Å². The Balaban J connectivity index is 1.97. The number of rotatable bonds is 6. The zero-order valence-corrected chi connectivity index (χ0v) is 13.1. The Bertz CT molecular complexity index is 408. The van der Waals surface area contributed by atoms with Crippen LogP contribution < -0.4 is 5.32 Å². The van der Waals surface area contributed by atoms with Gasteiger partial charge in [-0.1, -0.05) is 13.8 Å². The van der Waals surface area contributed by atoms with Crippen molar-refractivity contribution in [1.82, 2.24) is 15.3 Å². The lowest BCUT2D eigenvalue weighted by Crippen LogP contribution is -2.25. The van der Waals surface area contributed by atoms with Gasteiger partial charge in [-0.3, -0.25) is 0 Å². The molecule has 0 radical (unpaired) electrons. The first-order valence-electron chi connectivity index (χ1n) is 7.32. The summed E-state index contributed by atoms with van der Waals surface area (Å²) in [5.74, 6) is 2.71. The molecule has 0 spiro atoms. The molecule has 0 bridgehead atoms. The number of aromatic nitrogens is 2. The van der Waals surface area contributed by atoms with Crippen LogP contribution in [0.25, 0.3) is 0 Å². The van der Waals surface area contributed by atoms with E-state index in [1.807, 2.05) is 18.8 Å². The highest BCUT2D eigenvalue weighted by atomic mass is 32.2. The topological polar surface area (TPSA) is 37.8 Å². The van der Waals surface area contributed by atoms with Crippen molar-refractivity contribution in [3.63, 3.8) is 0 Å². The highest BCUT2D eigenvalue weighted by Gasteiger charge is 2.19. The van der Waals surface area contributed by atoms with Gasteiger partial charge in [0, 0.05) is 17.1 Å². The lowest BCUT2D eigenvalue weighted by molar-refractivity contribution is 0.433. The van der Waals surface area contributed by atoms with Crippen LogP contribution in [0.5, 0.6) is 0 Å². The summed E-state index contributed by atoms with van der Waals surface area (Å²) >= 11 is 1.95. The van der Waals surface area contributed by atoms with E-state index in [9.17, 15) is 0 Å². The van der Waals surface area contributed by atoms with Gasteiger partial charge in [0.25, 0.3) is 0 Å². The SMILES string of the molecule is CCC(C)SCc1ncc2c(n1)CCC(CNC)C2. The Morgan fingerprint density at radius 1 is 1.53 bits per heavy atom. The van der Waals surface area contributed by atoms with Gasteiger partial charge in [-0.05, 0) is 50.8 Å². The second kappa shape index (κ2) is 7.25. The molecule has 4 heteroatoms. The van der Waals surface area contributed by atoms with Crippen molar-refractivity contribution < 1.29 is 0 Å². The van der Waals surface area contributed by atoms with E-state index in [0.29, 0.717) is 5.25 Å². The maximum atomic E-state index is 4.76. The fraction of sp³-hybridized carbons (Fsp3) is 0.733. The third kappa shape index (κ3) is 4.18. The molecule has 2 rings (SSSR count). The molecule has 1 N–H and O–H groups in total. The molecule has 3 nitrogen and oxygen atoms in total. The lowest BCUT2D eigenvalue weighted by Gasteiger charge is -2.23. The third-order valence-electron chi connectivity index (χ3n) is 3.87. The minimum Gasteiger partial charge on any atom is -0.319 e. The van der Waals surface area contributed by atoms with Crippen LogP contribution in [0.3, 0.4) is 0 Å². The molecule has 1 aromatic rings. The van der Waals surface area contributed by atoms with E-state index < -0.39 is 0 Å². The summed E-state index contributed by atoms with van der Waals surface area (Å²) in [6.07, 6.45) is 6.78. The van der Waals surface area contributed by atoms with Crippen molar-refractivity contribution >= 4 is 11.8 Å². The highest BCUT2D eigenvalue weighted by molar-refractivity contribution is 7.99. The molecular weight excluding hydrogens is 254 g/mol. The first-order valence-corrected chi connectivity index (χ1v) is 8.37. The Kier molecular flexibility index (Phi) is 5.64. The van der Waals surface area contributed by atoms with E-state index in [1.165, 1.54) is 24.1 Å². The first-order chi connectivity index (χ1) is 9.22. The molecule has 1 aliphatic carbocycles. The van der Waals surface area contributed by atoms with Crippen molar-refractivity contribution in [1.29, 1.82) is 0 Å². The molecular formula is C15H25N3S. The minimum absolute atomic E-state index is 0.694. The molecule has 1 aliphatic rings. The van der Waals surface area contributed by atoms with Crippen LogP contribution in [0.4, 0.5) is 0 Å². The zero-order chi connectivity index (χ0) is 13.7. The van der Waals surface area contributed by atoms with Gasteiger partial charge in [0.2, 0.25) is 0 Å². The molecule has 0 fully saturated rings. The normalized spacial score (nSPS) is 20.1. The van der Waals surface area contributed by atoms with Gasteiger partial charge in [0.05, 0.1) is 5.75 Å². The fourth-order valence-electron chi connectivity index (χ4n) is 2.49. The van der Waals surface area contributed by atoms with Crippen molar-refractivity contribution in [2.45, 2.75) is 50.5 Å². The molecule has 19 heavy (non-hydrogen) atoms.